The first kappa shape index (κ1) is 10.5. The Bertz CT molecular complexity index is 655. The summed E-state index contributed by atoms with van der Waals surface area (Å²) in [6.45, 7) is 2.06. The minimum atomic E-state index is 0.749. The number of fused-ring (bicyclic) bond motifs is 1. The third kappa shape index (κ3) is 1.85. The predicted octanol–water partition coefficient (Wildman–Crippen LogP) is 3.70. The van der Waals surface area contributed by atoms with Gasteiger partial charge in [0.15, 0.2) is 5.65 Å². The molecule has 3 aromatic rings. The molecule has 2 heterocycles. The van der Waals surface area contributed by atoms with Crippen LogP contribution in [0, 0.1) is 6.92 Å². The van der Waals surface area contributed by atoms with Crippen molar-refractivity contribution in [2.24, 2.45) is 0 Å². The van der Waals surface area contributed by atoms with Gasteiger partial charge in [0, 0.05) is 16.2 Å². The Morgan fingerprint density at radius 2 is 2.12 bits per heavy atom. The van der Waals surface area contributed by atoms with E-state index in [1.54, 1.807) is 6.20 Å². The summed E-state index contributed by atoms with van der Waals surface area (Å²) >= 11 is 3.53. The molecule has 0 fully saturated rings. The molecule has 17 heavy (non-hydrogen) atoms. The highest BCUT2D eigenvalue weighted by molar-refractivity contribution is 9.10. The molecule has 0 aliphatic carbocycles. The minimum absolute atomic E-state index is 0.749. The number of imidazole rings is 1. The molecule has 3 nitrogen and oxygen atoms in total. The van der Waals surface area contributed by atoms with Gasteiger partial charge in [0.2, 0.25) is 0 Å². The number of nitrogens with one attached hydrogen (secondary N) is 1. The van der Waals surface area contributed by atoms with Gasteiger partial charge >= 0.3 is 0 Å². The van der Waals surface area contributed by atoms with Gasteiger partial charge in [-0.25, -0.2) is 9.97 Å². The van der Waals surface area contributed by atoms with E-state index < -0.39 is 0 Å². The first-order valence-electron chi connectivity index (χ1n) is 5.31. The smallest absolute Gasteiger partial charge is 0.178 e. The van der Waals surface area contributed by atoms with Crippen LogP contribution in [-0.2, 0) is 0 Å². The highest BCUT2D eigenvalue weighted by Crippen LogP contribution is 2.24. The topological polar surface area (TPSA) is 41.6 Å². The molecule has 0 bridgehead atoms. The lowest BCUT2D eigenvalue weighted by Gasteiger charge is -2.00. The van der Waals surface area contributed by atoms with Crippen LogP contribution in [0.2, 0.25) is 0 Å². The lowest BCUT2D eigenvalue weighted by Crippen LogP contribution is -1.82. The van der Waals surface area contributed by atoms with Crippen molar-refractivity contribution in [3.05, 3.63) is 46.6 Å². The van der Waals surface area contributed by atoms with Gasteiger partial charge < -0.3 is 4.98 Å². The van der Waals surface area contributed by atoms with Crippen LogP contribution >= 0.6 is 15.9 Å². The fourth-order valence-corrected chi connectivity index (χ4v) is 2.10. The first-order valence-corrected chi connectivity index (χ1v) is 6.10. The molecule has 0 saturated carbocycles. The number of aromatic nitrogens is 3. The quantitative estimate of drug-likeness (QED) is 0.742. The third-order valence-electron chi connectivity index (χ3n) is 2.70. The Balaban J connectivity index is 2.17. The molecule has 0 aliphatic rings. The molecule has 0 radical (unpaired) electrons. The number of benzene rings is 1. The molecule has 0 amide bonds. The summed E-state index contributed by atoms with van der Waals surface area (Å²) in [6, 6.07) is 10.1. The SMILES string of the molecule is Cc1ccc(-c2nc3ncccc3[nH]2)cc1Br. The number of aromatic amines is 1. The fourth-order valence-electron chi connectivity index (χ4n) is 1.72. The minimum Gasteiger partial charge on any atom is -0.337 e. The zero-order valence-corrected chi connectivity index (χ0v) is 10.8. The van der Waals surface area contributed by atoms with Crippen LogP contribution in [0.4, 0.5) is 0 Å². The summed E-state index contributed by atoms with van der Waals surface area (Å²) in [5, 5.41) is 0. The number of halogens is 1. The van der Waals surface area contributed by atoms with Crippen molar-refractivity contribution in [2.45, 2.75) is 6.92 Å². The molecule has 84 valence electrons. The molecular weight excluding hydrogens is 278 g/mol. The monoisotopic (exact) mass is 287 g/mol. The van der Waals surface area contributed by atoms with E-state index in [-0.39, 0.29) is 0 Å². The van der Waals surface area contributed by atoms with Crippen molar-refractivity contribution in [1.29, 1.82) is 0 Å². The van der Waals surface area contributed by atoms with Gasteiger partial charge in [-0.2, -0.15) is 0 Å². The standard InChI is InChI=1S/C13H10BrN3/c1-8-4-5-9(7-10(8)14)12-16-11-3-2-6-15-13(11)17-12/h2-7H,1H3,(H,15,16,17). The van der Waals surface area contributed by atoms with Crippen molar-refractivity contribution in [2.75, 3.05) is 0 Å². The number of H-pyrrole nitrogens is 1. The highest BCUT2D eigenvalue weighted by atomic mass is 79.9. The maximum Gasteiger partial charge on any atom is 0.178 e. The molecule has 4 heteroatoms. The van der Waals surface area contributed by atoms with Crippen LogP contribution in [-0.4, -0.2) is 15.0 Å². The van der Waals surface area contributed by atoms with E-state index in [0.29, 0.717) is 0 Å². The predicted molar refractivity (Wildman–Crippen MR) is 71.8 cm³/mol. The van der Waals surface area contributed by atoms with Crippen molar-refractivity contribution >= 4 is 27.1 Å². The summed E-state index contributed by atoms with van der Waals surface area (Å²) in [4.78, 5) is 11.9. The van der Waals surface area contributed by atoms with Gasteiger partial charge in [0.1, 0.15) is 5.82 Å². The highest BCUT2D eigenvalue weighted by Gasteiger charge is 2.06. The van der Waals surface area contributed by atoms with Crippen LogP contribution in [0.1, 0.15) is 5.56 Å². The van der Waals surface area contributed by atoms with E-state index in [0.717, 1.165) is 27.0 Å². The normalized spacial score (nSPS) is 10.9. The van der Waals surface area contributed by atoms with Gasteiger partial charge in [-0.3, -0.25) is 0 Å². The number of hydrogen-bond donors (Lipinski definition) is 1. The number of aryl methyl sites for hydroxylation is 1. The maximum atomic E-state index is 4.47. The molecular formula is C13H10BrN3. The molecule has 0 saturated heterocycles. The largest absolute Gasteiger partial charge is 0.337 e. The van der Waals surface area contributed by atoms with Crippen LogP contribution in [0.15, 0.2) is 41.0 Å². The van der Waals surface area contributed by atoms with Gasteiger partial charge in [-0.15, -0.1) is 0 Å². The van der Waals surface area contributed by atoms with E-state index in [9.17, 15) is 0 Å². The molecule has 0 aliphatic heterocycles. The van der Waals surface area contributed by atoms with Crippen molar-refractivity contribution in [1.82, 2.24) is 15.0 Å². The van der Waals surface area contributed by atoms with Gasteiger partial charge in [-0.1, -0.05) is 28.1 Å². The van der Waals surface area contributed by atoms with Crippen LogP contribution in [0.5, 0.6) is 0 Å². The van der Waals surface area contributed by atoms with Crippen LogP contribution in [0.3, 0.4) is 0 Å². The molecule has 2 aromatic heterocycles. The average molecular weight is 288 g/mol. The van der Waals surface area contributed by atoms with E-state index in [4.69, 9.17) is 0 Å². The molecule has 0 atom stereocenters. The zero-order chi connectivity index (χ0) is 11.8. The third-order valence-corrected chi connectivity index (χ3v) is 3.56. The van der Waals surface area contributed by atoms with Gasteiger partial charge in [-0.05, 0) is 30.7 Å². The maximum absolute atomic E-state index is 4.47. The number of hydrogen-bond acceptors (Lipinski definition) is 2. The Hall–Kier alpha value is -1.68. The van der Waals surface area contributed by atoms with E-state index in [2.05, 4.69) is 56.0 Å². The number of nitrogens with zero attached hydrogens (tertiary/aromatic N) is 2. The Morgan fingerprint density at radius 1 is 1.24 bits per heavy atom. The van der Waals surface area contributed by atoms with Gasteiger partial charge in [0.05, 0.1) is 5.52 Å². The van der Waals surface area contributed by atoms with Crippen molar-refractivity contribution in [3.8, 4) is 11.4 Å². The molecule has 0 unspecified atom stereocenters. The number of pyridine rings is 1. The summed E-state index contributed by atoms with van der Waals surface area (Å²) in [7, 11) is 0. The Kier molecular flexibility index (Phi) is 2.44. The van der Waals surface area contributed by atoms with E-state index >= 15 is 0 Å². The molecule has 1 N–H and O–H groups in total. The summed E-state index contributed by atoms with van der Waals surface area (Å²) in [5.41, 5.74) is 3.97. The Labute approximate surface area is 107 Å². The molecule has 0 spiro atoms. The molecule has 1 aromatic carbocycles. The zero-order valence-electron chi connectivity index (χ0n) is 9.24. The van der Waals surface area contributed by atoms with Crippen LogP contribution < -0.4 is 0 Å². The fraction of sp³-hybridized carbons (Fsp3) is 0.0769. The van der Waals surface area contributed by atoms with Crippen molar-refractivity contribution in [3.63, 3.8) is 0 Å². The lowest BCUT2D eigenvalue weighted by molar-refractivity contribution is 1.29. The summed E-state index contributed by atoms with van der Waals surface area (Å²) in [6.07, 6.45) is 1.75. The van der Waals surface area contributed by atoms with Crippen LogP contribution in [0.25, 0.3) is 22.6 Å². The van der Waals surface area contributed by atoms with Gasteiger partial charge in [0.25, 0.3) is 0 Å². The first-order chi connectivity index (χ1) is 8.24. The van der Waals surface area contributed by atoms with E-state index in [1.807, 2.05) is 12.1 Å². The summed E-state index contributed by atoms with van der Waals surface area (Å²) < 4.78 is 1.09. The van der Waals surface area contributed by atoms with E-state index in [1.165, 1.54) is 5.56 Å². The average Bonchev–Trinajstić information content (AvgIpc) is 2.76. The lowest BCUT2D eigenvalue weighted by atomic mass is 10.1. The van der Waals surface area contributed by atoms with Crippen molar-refractivity contribution < 1.29 is 0 Å². The second-order valence-electron chi connectivity index (χ2n) is 3.92. The second-order valence-corrected chi connectivity index (χ2v) is 4.78. The molecule has 3 rings (SSSR count). The second kappa shape index (κ2) is 3.96. The Morgan fingerprint density at radius 3 is 2.88 bits per heavy atom. The summed E-state index contributed by atoms with van der Waals surface area (Å²) in [5.74, 6) is 0.847. The number of rotatable bonds is 1.